The number of amides is 1. The van der Waals surface area contributed by atoms with Gasteiger partial charge in [-0.25, -0.2) is 4.79 Å². The van der Waals surface area contributed by atoms with Gasteiger partial charge in [-0.2, -0.15) is 0 Å². The molecule has 1 amide bonds. The van der Waals surface area contributed by atoms with E-state index in [0.29, 0.717) is 18.0 Å². The quantitative estimate of drug-likeness (QED) is 0.735. The fourth-order valence-corrected chi connectivity index (χ4v) is 2.17. The van der Waals surface area contributed by atoms with Gasteiger partial charge in [0.25, 0.3) is 5.91 Å². The Morgan fingerprint density at radius 2 is 1.77 bits per heavy atom. The van der Waals surface area contributed by atoms with Gasteiger partial charge in [-0.1, -0.05) is 18.2 Å². The molecule has 0 bridgehead atoms. The second-order valence-corrected chi connectivity index (χ2v) is 5.82. The molecule has 6 nitrogen and oxygen atoms in total. The van der Waals surface area contributed by atoms with E-state index in [9.17, 15) is 9.59 Å². The third kappa shape index (κ3) is 6.12. The van der Waals surface area contributed by atoms with Crippen LogP contribution in [0.1, 0.15) is 16.7 Å². The minimum absolute atomic E-state index is 0.244. The molecular weight excluding hydrogens is 334 g/mol. The fourth-order valence-electron chi connectivity index (χ4n) is 2.17. The number of rotatable bonds is 8. The zero-order chi connectivity index (χ0) is 18.9. The summed E-state index contributed by atoms with van der Waals surface area (Å²) in [6.07, 6.45) is 0. The molecule has 0 aliphatic rings. The second kappa shape index (κ2) is 9.46. The molecular formula is C20H23NO5. The molecule has 0 atom stereocenters. The van der Waals surface area contributed by atoms with Gasteiger partial charge in [-0.3, -0.25) is 4.79 Å². The van der Waals surface area contributed by atoms with Gasteiger partial charge in [0.1, 0.15) is 11.5 Å². The molecule has 0 fully saturated rings. The van der Waals surface area contributed by atoms with Crippen molar-refractivity contribution in [3.05, 3.63) is 59.2 Å². The van der Waals surface area contributed by atoms with Crippen molar-refractivity contribution in [1.29, 1.82) is 0 Å². The molecule has 26 heavy (non-hydrogen) atoms. The largest absolute Gasteiger partial charge is 0.497 e. The Morgan fingerprint density at radius 1 is 0.962 bits per heavy atom. The lowest BCUT2D eigenvalue weighted by Gasteiger charge is -2.09. The summed E-state index contributed by atoms with van der Waals surface area (Å²) in [6, 6.07) is 12.9. The highest BCUT2D eigenvalue weighted by molar-refractivity contribution is 5.80. The average Bonchev–Trinajstić information content (AvgIpc) is 2.65. The number of ether oxygens (including phenoxy) is 3. The Bertz CT molecular complexity index is 773. The van der Waals surface area contributed by atoms with Crippen LogP contribution in [0.3, 0.4) is 0 Å². The predicted octanol–water partition coefficient (Wildman–Crippen LogP) is 2.55. The minimum atomic E-state index is -0.597. The van der Waals surface area contributed by atoms with Crippen molar-refractivity contribution in [1.82, 2.24) is 5.32 Å². The van der Waals surface area contributed by atoms with E-state index in [1.807, 2.05) is 50.2 Å². The molecule has 0 saturated heterocycles. The van der Waals surface area contributed by atoms with Gasteiger partial charge in [0.15, 0.2) is 13.2 Å². The van der Waals surface area contributed by atoms with Crippen molar-refractivity contribution in [2.45, 2.75) is 20.4 Å². The summed E-state index contributed by atoms with van der Waals surface area (Å²) < 4.78 is 15.4. The van der Waals surface area contributed by atoms with Crippen LogP contribution in [0.5, 0.6) is 11.5 Å². The normalized spacial score (nSPS) is 10.1. The van der Waals surface area contributed by atoms with Crippen molar-refractivity contribution >= 4 is 11.9 Å². The topological polar surface area (TPSA) is 73.9 Å². The van der Waals surface area contributed by atoms with Crippen molar-refractivity contribution in [3.63, 3.8) is 0 Å². The first kappa shape index (κ1) is 19.3. The SMILES string of the molecule is COc1cccc(CNC(=O)COC(=O)COc2ccc(C)c(C)c2)c1. The van der Waals surface area contributed by atoms with E-state index in [-0.39, 0.29) is 19.1 Å². The van der Waals surface area contributed by atoms with Crippen LogP contribution < -0.4 is 14.8 Å². The first-order valence-corrected chi connectivity index (χ1v) is 8.23. The molecule has 0 unspecified atom stereocenters. The van der Waals surface area contributed by atoms with E-state index in [1.165, 1.54) is 0 Å². The van der Waals surface area contributed by atoms with E-state index >= 15 is 0 Å². The lowest BCUT2D eigenvalue weighted by molar-refractivity contribution is -0.150. The number of benzene rings is 2. The standard InChI is InChI=1S/C20H23NO5/c1-14-7-8-18(9-15(14)2)25-13-20(23)26-12-19(22)21-11-16-5-4-6-17(10-16)24-3/h4-10H,11-13H2,1-3H3,(H,21,22). The number of nitrogens with one attached hydrogen (secondary N) is 1. The van der Waals surface area contributed by atoms with Gasteiger partial charge in [0.05, 0.1) is 7.11 Å². The smallest absolute Gasteiger partial charge is 0.344 e. The lowest BCUT2D eigenvalue weighted by atomic mass is 10.1. The minimum Gasteiger partial charge on any atom is -0.497 e. The van der Waals surface area contributed by atoms with Crippen LogP contribution >= 0.6 is 0 Å². The van der Waals surface area contributed by atoms with Crippen LogP contribution in [0, 0.1) is 13.8 Å². The molecule has 0 heterocycles. The first-order valence-electron chi connectivity index (χ1n) is 8.23. The summed E-state index contributed by atoms with van der Waals surface area (Å²) in [7, 11) is 1.58. The van der Waals surface area contributed by atoms with E-state index < -0.39 is 5.97 Å². The van der Waals surface area contributed by atoms with Crippen LogP contribution in [0.15, 0.2) is 42.5 Å². The van der Waals surface area contributed by atoms with E-state index in [0.717, 1.165) is 16.7 Å². The average molecular weight is 357 g/mol. The Morgan fingerprint density at radius 3 is 2.50 bits per heavy atom. The molecule has 0 aliphatic heterocycles. The predicted molar refractivity (Wildman–Crippen MR) is 97.2 cm³/mol. The summed E-state index contributed by atoms with van der Waals surface area (Å²) in [5.74, 6) is 0.325. The summed E-state index contributed by atoms with van der Waals surface area (Å²) in [5.41, 5.74) is 3.11. The molecule has 0 aliphatic carbocycles. The van der Waals surface area contributed by atoms with Crippen LogP contribution in [0.4, 0.5) is 0 Å². The Kier molecular flexibility index (Phi) is 7.02. The molecule has 0 spiro atoms. The van der Waals surface area contributed by atoms with Gasteiger partial charge in [-0.05, 0) is 54.8 Å². The number of aryl methyl sites for hydroxylation is 2. The number of methoxy groups -OCH3 is 1. The monoisotopic (exact) mass is 357 g/mol. The van der Waals surface area contributed by atoms with Crippen molar-refractivity contribution in [2.75, 3.05) is 20.3 Å². The molecule has 138 valence electrons. The Hall–Kier alpha value is -3.02. The van der Waals surface area contributed by atoms with Gasteiger partial charge in [0, 0.05) is 6.54 Å². The molecule has 6 heteroatoms. The first-order chi connectivity index (χ1) is 12.5. The zero-order valence-electron chi connectivity index (χ0n) is 15.2. The van der Waals surface area contributed by atoms with Crippen LogP contribution in [0.25, 0.3) is 0 Å². The molecule has 0 saturated carbocycles. The van der Waals surface area contributed by atoms with Crippen molar-refractivity contribution < 1.29 is 23.8 Å². The van der Waals surface area contributed by atoms with Gasteiger partial charge in [0.2, 0.25) is 0 Å². The molecule has 2 aromatic rings. The van der Waals surface area contributed by atoms with Crippen LogP contribution in [0.2, 0.25) is 0 Å². The molecule has 1 N–H and O–H groups in total. The van der Waals surface area contributed by atoms with E-state index in [2.05, 4.69) is 5.32 Å². The van der Waals surface area contributed by atoms with E-state index in [4.69, 9.17) is 14.2 Å². The number of carbonyl (C=O) groups is 2. The van der Waals surface area contributed by atoms with Gasteiger partial charge >= 0.3 is 5.97 Å². The molecule has 0 radical (unpaired) electrons. The summed E-state index contributed by atoms with van der Waals surface area (Å²) >= 11 is 0. The number of carbonyl (C=O) groups excluding carboxylic acids is 2. The van der Waals surface area contributed by atoms with E-state index in [1.54, 1.807) is 13.2 Å². The maximum atomic E-state index is 11.8. The number of hydrogen-bond acceptors (Lipinski definition) is 5. The summed E-state index contributed by atoms with van der Waals surface area (Å²) in [6.45, 7) is 3.70. The number of esters is 1. The summed E-state index contributed by atoms with van der Waals surface area (Å²) in [4.78, 5) is 23.5. The maximum Gasteiger partial charge on any atom is 0.344 e. The van der Waals surface area contributed by atoms with Crippen molar-refractivity contribution in [3.8, 4) is 11.5 Å². The highest BCUT2D eigenvalue weighted by Crippen LogP contribution is 2.16. The highest BCUT2D eigenvalue weighted by Gasteiger charge is 2.09. The molecule has 2 rings (SSSR count). The highest BCUT2D eigenvalue weighted by atomic mass is 16.6. The van der Waals surface area contributed by atoms with Crippen LogP contribution in [-0.2, 0) is 20.9 Å². The third-order valence-corrected chi connectivity index (χ3v) is 3.82. The molecule has 0 aromatic heterocycles. The van der Waals surface area contributed by atoms with Crippen molar-refractivity contribution in [2.24, 2.45) is 0 Å². The third-order valence-electron chi connectivity index (χ3n) is 3.82. The zero-order valence-corrected chi connectivity index (χ0v) is 15.2. The fraction of sp³-hybridized carbons (Fsp3) is 0.300. The van der Waals surface area contributed by atoms with Crippen LogP contribution in [-0.4, -0.2) is 32.2 Å². The summed E-state index contributed by atoms with van der Waals surface area (Å²) in [5, 5.41) is 2.68. The second-order valence-electron chi connectivity index (χ2n) is 5.82. The maximum absolute atomic E-state index is 11.8. The lowest BCUT2D eigenvalue weighted by Crippen LogP contribution is -2.29. The Balaban J connectivity index is 1.69. The number of hydrogen-bond donors (Lipinski definition) is 1. The molecule has 2 aromatic carbocycles. The van der Waals surface area contributed by atoms with Gasteiger partial charge < -0.3 is 19.5 Å². The van der Waals surface area contributed by atoms with Gasteiger partial charge in [-0.15, -0.1) is 0 Å². The Labute approximate surface area is 153 Å².